The van der Waals surface area contributed by atoms with E-state index in [9.17, 15) is 10.2 Å². The molecule has 0 aliphatic rings. The first-order valence-corrected chi connectivity index (χ1v) is 18.6. The van der Waals surface area contributed by atoms with Crippen LogP contribution < -0.4 is 0 Å². The maximum absolute atomic E-state index is 12.3. The minimum Gasteiger partial charge on any atom is -0.373 e. The van der Waals surface area contributed by atoms with Crippen LogP contribution >= 0.6 is 0 Å². The van der Waals surface area contributed by atoms with Crippen LogP contribution in [0.1, 0.15) is 46.4 Å². The van der Waals surface area contributed by atoms with E-state index in [0.29, 0.717) is 18.2 Å². The summed E-state index contributed by atoms with van der Waals surface area (Å²) >= 11 is 0. The van der Waals surface area contributed by atoms with E-state index in [-0.39, 0.29) is 0 Å². The van der Waals surface area contributed by atoms with Crippen LogP contribution in [0.5, 0.6) is 0 Å². The summed E-state index contributed by atoms with van der Waals surface area (Å²) in [5.41, 5.74) is 5.48. The molecule has 2 N–H and O–H groups in total. The number of rotatable bonds is 9. The SMILES string of the molecule is CCn1c(C(O)(c2ccccc2)c2ccccc2)nc2ccccc21.OC(c1ccccc1)(c1ccccc1)c1nc2ccccc2n1Cc1ccccc1. The highest BCUT2D eigenvalue weighted by molar-refractivity contribution is 5.77. The fourth-order valence-corrected chi connectivity index (χ4v) is 7.52. The highest BCUT2D eigenvalue weighted by Gasteiger charge is 2.40. The zero-order valence-electron chi connectivity index (χ0n) is 30.7. The standard InChI is InChI=1S/C27H22N2O.C22H20N2O/c30-27(22-14-6-2-7-15-22,23-16-8-3-9-17-23)26-28-24-18-10-11-19-25(24)29(26)20-21-12-4-1-5-13-21;1-2-24-20-16-10-9-15-19(20)23-21(24)22(25,17-11-5-3-6-12-17)18-13-7-4-8-14-18/h1-19,30H,20H2;3-16,25H,2H2,1H3. The summed E-state index contributed by atoms with van der Waals surface area (Å²) in [6.45, 7) is 3.44. The van der Waals surface area contributed by atoms with Gasteiger partial charge in [-0.3, -0.25) is 0 Å². The highest BCUT2D eigenvalue weighted by atomic mass is 16.3. The number of hydrogen-bond donors (Lipinski definition) is 2. The molecule has 0 amide bonds. The Hall–Kier alpha value is -6.60. The lowest BCUT2D eigenvalue weighted by Crippen LogP contribution is -2.32. The van der Waals surface area contributed by atoms with E-state index in [4.69, 9.17) is 9.97 Å². The van der Waals surface area contributed by atoms with Gasteiger partial charge in [-0.1, -0.05) is 176 Å². The smallest absolute Gasteiger partial charge is 0.173 e. The summed E-state index contributed by atoms with van der Waals surface area (Å²) < 4.78 is 4.22. The molecule has 0 bridgehead atoms. The van der Waals surface area contributed by atoms with Gasteiger partial charge in [-0.25, -0.2) is 9.97 Å². The van der Waals surface area contributed by atoms with Crippen LogP contribution in [0, 0.1) is 0 Å². The fraction of sp³-hybridized carbons (Fsp3) is 0.102. The van der Waals surface area contributed by atoms with Gasteiger partial charge in [0.05, 0.1) is 22.1 Å². The predicted octanol–water partition coefficient (Wildman–Crippen LogP) is 9.71. The van der Waals surface area contributed by atoms with E-state index in [1.165, 1.54) is 0 Å². The van der Waals surface area contributed by atoms with Crippen molar-refractivity contribution in [2.24, 2.45) is 0 Å². The molecule has 7 aromatic carbocycles. The Balaban J connectivity index is 0.000000158. The maximum Gasteiger partial charge on any atom is 0.173 e. The number of aromatic nitrogens is 4. The van der Waals surface area contributed by atoms with E-state index in [1.807, 2.05) is 182 Å². The van der Waals surface area contributed by atoms with Crippen molar-refractivity contribution in [2.75, 3.05) is 0 Å². The van der Waals surface area contributed by atoms with Crippen LogP contribution in [0.3, 0.4) is 0 Å². The first kappa shape index (κ1) is 35.4. The van der Waals surface area contributed by atoms with E-state index in [2.05, 4.69) is 34.3 Å². The second-order valence-corrected chi connectivity index (χ2v) is 13.5. The van der Waals surface area contributed by atoms with Gasteiger partial charge in [0.1, 0.15) is 0 Å². The minimum atomic E-state index is -1.38. The van der Waals surface area contributed by atoms with Gasteiger partial charge in [0.2, 0.25) is 0 Å². The van der Waals surface area contributed by atoms with Gasteiger partial charge in [-0.2, -0.15) is 0 Å². The van der Waals surface area contributed by atoms with E-state index in [1.54, 1.807) is 0 Å². The summed E-state index contributed by atoms with van der Waals surface area (Å²) in [6.07, 6.45) is 0. The number of nitrogens with zero attached hydrogens (tertiary/aromatic N) is 4. The Morgan fingerprint density at radius 2 is 0.709 bits per heavy atom. The third-order valence-corrected chi connectivity index (χ3v) is 10.2. The molecular formula is C49H42N4O2. The number of imidazole rings is 2. The molecule has 0 aliphatic carbocycles. The first-order valence-electron chi connectivity index (χ1n) is 18.6. The van der Waals surface area contributed by atoms with Crippen molar-refractivity contribution in [3.05, 3.63) is 240 Å². The molecule has 0 radical (unpaired) electrons. The lowest BCUT2D eigenvalue weighted by atomic mass is 9.85. The number of hydrogen-bond acceptors (Lipinski definition) is 4. The normalized spacial score (nSPS) is 11.7. The molecular weight excluding hydrogens is 677 g/mol. The zero-order chi connectivity index (χ0) is 37.7. The summed E-state index contributed by atoms with van der Waals surface area (Å²) in [7, 11) is 0. The van der Waals surface area contributed by atoms with Crippen LogP contribution in [0.15, 0.2) is 200 Å². The molecule has 0 atom stereocenters. The number of para-hydroxylation sites is 4. The third kappa shape index (κ3) is 6.63. The number of aryl methyl sites for hydroxylation is 1. The average molecular weight is 719 g/mol. The predicted molar refractivity (Wildman–Crippen MR) is 221 cm³/mol. The summed E-state index contributed by atoms with van der Waals surface area (Å²) in [5, 5.41) is 24.3. The van der Waals surface area contributed by atoms with Gasteiger partial charge >= 0.3 is 0 Å². The number of benzene rings is 7. The monoisotopic (exact) mass is 718 g/mol. The maximum atomic E-state index is 12.3. The Morgan fingerprint density at radius 3 is 1.09 bits per heavy atom. The van der Waals surface area contributed by atoms with Gasteiger partial charge in [0, 0.05) is 13.1 Å². The van der Waals surface area contributed by atoms with Crippen molar-refractivity contribution in [3.63, 3.8) is 0 Å². The van der Waals surface area contributed by atoms with Gasteiger partial charge in [-0.05, 0) is 59.0 Å². The van der Waals surface area contributed by atoms with Crippen LogP contribution in [0.25, 0.3) is 22.1 Å². The zero-order valence-corrected chi connectivity index (χ0v) is 30.7. The van der Waals surface area contributed by atoms with E-state index in [0.717, 1.165) is 56.4 Å². The van der Waals surface area contributed by atoms with Gasteiger partial charge < -0.3 is 19.3 Å². The fourth-order valence-electron chi connectivity index (χ4n) is 7.52. The van der Waals surface area contributed by atoms with E-state index < -0.39 is 11.2 Å². The molecule has 0 spiro atoms. The molecule has 55 heavy (non-hydrogen) atoms. The molecule has 0 aliphatic heterocycles. The lowest BCUT2D eigenvalue weighted by Gasteiger charge is -2.29. The van der Waals surface area contributed by atoms with Crippen LogP contribution in [-0.4, -0.2) is 29.3 Å². The van der Waals surface area contributed by atoms with Crippen molar-refractivity contribution in [1.82, 2.24) is 19.1 Å². The van der Waals surface area contributed by atoms with Crippen LogP contribution in [0.2, 0.25) is 0 Å². The summed E-state index contributed by atoms with van der Waals surface area (Å²) in [6, 6.07) is 65.4. The Labute approximate surface area is 321 Å². The van der Waals surface area contributed by atoms with Crippen molar-refractivity contribution in [3.8, 4) is 0 Å². The second-order valence-electron chi connectivity index (χ2n) is 13.5. The Bertz CT molecular complexity index is 2540. The minimum absolute atomic E-state index is 0.616. The molecule has 270 valence electrons. The first-order chi connectivity index (χ1) is 27.0. The highest BCUT2D eigenvalue weighted by Crippen LogP contribution is 2.39. The van der Waals surface area contributed by atoms with Gasteiger partial charge in [0.25, 0.3) is 0 Å². The topological polar surface area (TPSA) is 76.1 Å². The molecule has 0 fully saturated rings. The van der Waals surface area contributed by atoms with Crippen molar-refractivity contribution < 1.29 is 10.2 Å². The van der Waals surface area contributed by atoms with Crippen LogP contribution in [0.4, 0.5) is 0 Å². The molecule has 0 saturated heterocycles. The summed E-state index contributed by atoms with van der Waals surface area (Å²) in [4.78, 5) is 9.77. The average Bonchev–Trinajstić information content (AvgIpc) is 3.84. The molecule has 6 heteroatoms. The lowest BCUT2D eigenvalue weighted by molar-refractivity contribution is 0.112. The second kappa shape index (κ2) is 15.4. The van der Waals surface area contributed by atoms with Crippen molar-refractivity contribution in [1.29, 1.82) is 0 Å². The molecule has 0 saturated carbocycles. The van der Waals surface area contributed by atoms with Crippen LogP contribution in [-0.2, 0) is 24.3 Å². The molecule has 2 heterocycles. The van der Waals surface area contributed by atoms with Gasteiger partial charge in [-0.15, -0.1) is 0 Å². The largest absolute Gasteiger partial charge is 0.373 e. The number of fused-ring (bicyclic) bond motifs is 2. The van der Waals surface area contributed by atoms with Crippen molar-refractivity contribution in [2.45, 2.75) is 31.2 Å². The molecule has 9 aromatic rings. The number of aliphatic hydroxyl groups is 2. The Kier molecular flexibility index (Phi) is 9.92. The molecule has 9 rings (SSSR count). The van der Waals surface area contributed by atoms with Gasteiger partial charge in [0.15, 0.2) is 22.9 Å². The van der Waals surface area contributed by atoms with E-state index >= 15 is 0 Å². The summed E-state index contributed by atoms with van der Waals surface area (Å²) in [5.74, 6) is 1.26. The molecule has 6 nitrogen and oxygen atoms in total. The Morgan fingerprint density at radius 1 is 0.400 bits per heavy atom. The quantitative estimate of drug-likeness (QED) is 0.156. The molecule has 0 unspecified atom stereocenters. The van der Waals surface area contributed by atoms with Crippen molar-refractivity contribution >= 4 is 22.1 Å². The third-order valence-electron chi connectivity index (χ3n) is 10.2. The molecule has 2 aromatic heterocycles.